The molecule has 0 aliphatic heterocycles. The summed E-state index contributed by atoms with van der Waals surface area (Å²) in [4.78, 5) is 37.8. The quantitative estimate of drug-likeness (QED) is 0.606. The maximum atomic E-state index is 12.4. The van der Waals surface area contributed by atoms with Gasteiger partial charge >= 0.3 is 5.97 Å². The second kappa shape index (κ2) is 9.16. The number of ether oxygens (including phenoxy) is 1. The summed E-state index contributed by atoms with van der Waals surface area (Å²) in [5, 5.41) is 5.70. The molecule has 2 aromatic carbocycles. The highest BCUT2D eigenvalue weighted by Gasteiger charge is 2.25. The summed E-state index contributed by atoms with van der Waals surface area (Å²) in [6, 6.07) is 18.1. The van der Waals surface area contributed by atoms with Gasteiger partial charge in [-0.15, -0.1) is 11.3 Å². The normalized spacial score (nSPS) is 10.3. The summed E-state index contributed by atoms with van der Waals surface area (Å²) in [5.74, 6) is -1.31. The summed E-state index contributed by atoms with van der Waals surface area (Å²) in [6.45, 7) is 1.66. The van der Waals surface area contributed by atoms with E-state index < -0.39 is 11.9 Å². The molecule has 0 aliphatic carbocycles. The van der Waals surface area contributed by atoms with Crippen LogP contribution in [-0.2, 0) is 9.53 Å². The minimum atomic E-state index is -0.531. The monoisotopic (exact) mass is 408 g/mol. The van der Waals surface area contributed by atoms with Crippen LogP contribution in [0.1, 0.15) is 25.6 Å². The molecule has 3 aromatic rings. The Morgan fingerprint density at radius 3 is 2.21 bits per heavy atom. The topological polar surface area (TPSA) is 84.5 Å². The first-order valence-corrected chi connectivity index (χ1v) is 9.73. The van der Waals surface area contributed by atoms with Crippen LogP contribution in [-0.4, -0.2) is 31.4 Å². The van der Waals surface area contributed by atoms with E-state index in [9.17, 15) is 14.4 Å². The Balaban J connectivity index is 1.79. The van der Waals surface area contributed by atoms with Crippen molar-refractivity contribution in [1.82, 2.24) is 5.32 Å². The molecule has 148 valence electrons. The van der Waals surface area contributed by atoms with Gasteiger partial charge in [-0.25, -0.2) is 4.79 Å². The number of aryl methyl sites for hydroxylation is 1. The number of hydrogen-bond acceptors (Lipinski definition) is 5. The van der Waals surface area contributed by atoms with Crippen LogP contribution in [0.25, 0.3) is 11.1 Å². The third kappa shape index (κ3) is 4.70. The largest absolute Gasteiger partial charge is 0.465 e. The van der Waals surface area contributed by atoms with Crippen LogP contribution in [0.15, 0.2) is 60.7 Å². The molecule has 1 aromatic heterocycles. The van der Waals surface area contributed by atoms with Crippen molar-refractivity contribution in [2.45, 2.75) is 6.92 Å². The lowest BCUT2D eigenvalue weighted by Crippen LogP contribution is -2.32. The third-order valence-corrected chi connectivity index (χ3v) is 5.26. The molecular weight excluding hydrogens is 388 g/mol. The maximum absolute atomic E-state index is 12.4. The molecule has 0 aliphatic rings. The Kier molecular flexibility index (Phi) is 6.41. The average Bonchev–Trinajstić information content (AvgIpc) is 3.08. The number of esters is 1. The fourth-order valence-electron chi connectivity index (χ4n) is 2.90. The van der Waals surface area contributed by atoms with Crippen molar-refractivity contribution in [1.29, 1.82) is 0 Å². The fourth-order valence-corrected chi connectivity index (χ4v) is 3.99. The number of carbonyl (C=O) groups is 3. The Hall–Kier alpha value is -3.45. The number of hydrogen-bond donors (Lipinski definition) is 2. The van der Waals surface area contributed by atoms with Crippen molar-refractivity contribution < 1.29 is 19.1 Å². The predicted octanol–water partition coefficient (Wildman–Crippen LogP) is 3.88. The highest BCUT2D eigenvalue weighted by atomic mass is 32.1. The lowest BCUT2D eigenvalue weighted by molar-refractivity contribution is -0.115. The van der Waals surface area contributed by atoms with Gasteiger partial charge in [0, 0.05) is 16.0 Å². The molecule has 0 saturated carbocycles. The zero-order valence-electron chi connectivity index (χ0n) is 16.0. The number of benzene rings is 2. The molecule has 7 heteroatoms. The molecule has 2 N–H and O–H groups in total. The van der Waals surface area contributed by atoms with E-state index in [1.807, 2.05) is 37.3 Å². The van der Waals surface area contributed by atoms with Crippen LogP contribution in [0.3, 0.4) is 0 Å². The third-order valence-electron chi connectivity index (χ3n) is 4.23. The number of anilines is 1. The van der Waals surface area contributed by atoms with Gasteiger partial charge in [0.15, 0.2) is 0 Å². The summed E-state index contributed by atoms with van der Waals surface area (Å²) in [6.07, 6.45) is 0. The standard InChI is InChI=1S/C22H20N2O4S/c1-14-18(15-9-5-3-6-10-15)19(22(27)28-2)21(29-14)24-17(25)13-23-20(26)16-11-7-4-8-12-16/h3-12H,13H2,1-2H3,(H,23,26)(H,24,25). The molecule has 0 spiro atoms. The number of methoxy groups -OCH3 is 1. The van der Waals surface area contributed by atoms with Crippen molar-refractivity contribution in [3.63, 3.8) is 0 Å². The van der Waals surface area contributed by atoms with Crippen molar-refractivity contribution in [2.75, 3.05) is 19.0 Å². The Labute approximate surface area is 172 Å². The molecule has 0 radical (unpaired) electrons. The Bertz CT molecular complexity index is 1030. The number of rotatable bonds is 6. The Morgan fingerprint density at radius 2 is 1.59 bits per heavy atom. The van der Waals surface area contributed by atoms with E-state index in [1.165, 1.54) is 18.4 Å². The van der Waals surface area contributed by atoms with Crippen molar-refractivity contribution in [3.8, 4) is 11.1 Å². The lowest BCUT2D eigenvalue weighted by Gasteiger charge is -2.09. The molecule has 0 unspecified atom stereocenters. The molecule has 0 fully saturated rings. The van der Waals surface area contributed by atoms with Gasteiger partial charge in [-0.1, -0.05) is 48.5 Å². The summed E-state index contributed by atoms with van der Waals surface area (Å²) in [5.41, 5.74) is 2.36. The molecule has 6 nitrogen and oxygen atoms in total. The van der Waals surface area contributed by atoms with Crippen LogP contribution in [0.2, 0.25) is 0 Å². The van der Waals surface area contributed by atoms with Gasteiger partial charge in [0.05, 0.1) is 13.7 Å². The molecule has 3 rings (SSSR count). The number of thiophene rings is 1. The first-order valence-electron chi connectivity index (χ1n) is 8.91. The van der Waals surface area contributed by atoms with E-state index in [1.54, 1.807) is 30.3 Å². The van der Waals surface area contributed by atoms with Gasteiger partial charge in [-0.05, 0) is 24.6 Å². The second-order valence-corrected chi connectivity index (χ2v) is 7.42. The molecule has 0 atom stereocenters. The second-order valence-electron chi connectivity index (χ2n) is 6.19. The van der Waals surface area contributed by atoms with E-state index in [0.29, 0.717) is 16.1 Å². The van der Waals surface area contributed by atoms with Crippen LogP contribution < -0.4 is 10.6 Å². The molecule has 29 heavy (non-hydrogen) atoms. The van der Waals surface area contributed by atoms with Crippen molar-refractivity contribution in [3.05, 3.63) is 76.7 Å². The first-order chi connectivity index (χ1) is 14.0. The van der Waals surface area contributed by atoms with E-state index in [0.717, 1.165) is 16.0 Å². The maximum Gasteiger partial charge on any atom is 0.341 e. The number of nitrogens with one attached hydrogen (secondary N) is 2. The number of carbonyl (C=O) groups excluding carboxylic acids is 3. The minimum absolute atomic E-state index is 0.216. The molecule has 0 bridgehead atoms. The summed E-state index contributed by atoms with van der Waals surface area (Å²) < 4.78 is 4.94. The minimum Gasteiger partial charge on any atom is -0.465 e. The van der Waals surface area contributed by atoms with Gasteiger partial charge in [0.1, 0.15) is 10.6 Å². The first kappa shape index (κ1) is 20.3. The fraction of sp³-hybridized carbons (Fsp3) is 0.136. The van der Waals surface area contributed by atoms with Crippen LogP contribution in [0.5, 0.6) is 0 Å². The van der Waals surface area contributed by atoms with Gasteiger partial charge in [0.25, 0.3) is 5.91 Å². The zero-order chi connectivity index (χ0) is 20.8. The average molecular weight is 408 g/mol. The summed E-state index contributed by atoms with van der Waals surface area (Å²) >= 11 is 1.29. The van der Waals surface area contributed by atoms with Crippen LogP contribution in [0.4, 0.5) is 5.00 Å². The van der Waals surface area contributed by atoms with Crippen LogP contribution >= 0.6 is 11.3 Å². The van der Waals surface area contributed by atoms with E-state index in [2.05, 4.69) is 10.6 Å². The van der Waals surface area contributed by atoms with Crippen molar-refractivity contribution >= 4 is 34.1 Å². The van der Waals surface area contributed by atoms with Gasteiger partial charge in [-0.3, -0.25) is 9.59 Å². The molecule has 1 heterocycles. The molecule has 2 amide bonds. The number of amides is 2. The summed E-state index contributed by atoms with van der Waals surface area (Å²) in [7, 11) is 1.30. The van der Waals surface area contributed by atoms with Gasteiger partial charge in [-0.2, -0.15) is 0 Å². The van der Waals surface area contributed by atoms with Gasteiger partial charge in [0.2, 0.25) is 5.91 Å². The van der Waals surface area contributed by atoms with Gasteiger partial charge < -0.3 is 15.4 Å². The lowest BCUT2D eigenvalue weighted by atomic mass is 10.0. The Morgan fingerprint density at radius 1 is 0.966 bits per heavy atom. The van der Waals surface area contributed by atoms with E-state index in [4.69, 9.17) is 4.74 Å². The highest BCUT2D eigenvalue weighted by Crippen LogP contribution is 2.40. The SMILES string of the molecule is COC(=O)c1c(NC(=O)CNC(=O)c2ccccc2)sc(C)c1-c1ccccc1. The molecular formula is C22H20N2O4S. The van der Waals surface area contributed by atoms with Crippen LogP contribution in [0, 0.1) is 6.92 Å². The predicted molar refractivity (Wildman–Crippen MR) is 113 cm³/mol. The van der Waals surface area contributed by atoms with Crippen molar-refractivity contribution in [2.24, 2.45) is 0 Å². The zero-order valence-corrected chi connectivity index (χ0v) is 16.8. The molecule has 0 saturated heterocycles. The highest BCUT2D eigenvalue weighted by molar-refractivity contribution is 7.17. The van der Waals surface area contributed by atoms with E-state index in [-0.39, 0.29) is 12.5 Å². The van der Waals surface area contributed by atoms with E-state index >= 15 is 0 Å². The smallest absolute Gasteiger partial charge is 0.341 e.